The number of aliphatic hydroxyl groups excluding tert-OH is 1. The van der Waals surface area contributed by atoms with Crippen LogP contribution in [0.4, 0.5) is 5.82 Å². The standard InChI is InChI=1S/C10H20N4O3S/c1-8(6-15)4-3-5-13-18(16,17)10-9(11)12-7-14(10)2/h7-8,13,15H,3-6,11H2,1-2H3. The first-order valence-electron chi connectivity index (χ1n) is 5.75. The van der Waals surface area contributed by atoms with Crippen molar-refractivity contribution in [3.05, 3.63) is 6.33 Å². The Balaban J connectivity index is 2.56. The molecule has 0 aliphatic carbocycles. The van der Waals surface area contributed by atoms with Gasteiger partial charge < -0.3 is 15.4 Å². The van der Waals surface area contributed by atoms with Gasteiger partial charge in [0.05, 0.1) is 6.33 Å². The van der Waals surface area contributed by atoms with E-state index in [2.05, 4.69) is 9.71 Å². The molecule has 1 aromatic rings. The van der Waals surface area contributed by atoms with E-state index in [1.54, 1.807) is 7.05 Å². The first-order valence-corrected chi connectivity index (χ1v) is 7.24. The average molecular weight is 276 g/mol. The summed E-state index contributed by atoms with van der Waals surface area (Å²) >= 11 is 0. The zero-order valence-corrected chi connectivity index (χ0v) is 11.4. The Labute approximate surface area is 107 Å². The van der Waals surface area contributed by atoms with Crippen molar-refractivity contribution >= 4 is 15.8 Å². The van der Waals surface area contributed by atoms with Crippen LogP contribution in [0.3, 0.4) is 0 Å². The lowest BCUT2D eigenvalue weighted by molar-refractivity contribution is 0.228. The molecular formula is C10H20N4O3S. The van der Waals surface area contributed by atoms with Crippen LogP contribution in [0.15, 0.2) is 11.4 Å². The summed E-state index contributed by atoms with van der Waals surface area (Å²) in [6, 6.07) is 0. The number of hydrogen-bond donors (Lipinski definition) is 3. The van der Waals surface area contributed by atoms with Crippen molar-refractivity contribution in [3.8, 4) is 0 Å². The highest BCUT2D eigenvalue weighted by Crippen LogP contribution is 2.15. The van der Waals surface area contributed by atoms with E-state index in [1.165, 1.54) is 10.9 Å². The van der Waals surface area contributed by atoms with Crippen LogP contribution in [0, 0.1) is 5.92 Å². The summed E-state index contributed by atoms with van der Waals surface area (Å²) in [6.07, 6.45) is 2.79. The predicted octanol–water partition coefficient (Wildman–Crippen LogP) is -0.311. The number of nitrogens with zero attached hydrogens (tertiary/aromatic N) is 2. The second-order valence-electron chi connectivity index (χ2n) is 4.37. The van der Waals surface area contributed by atoms with E-state index in [0.29, 0.717) is 13.0 Å². The van der Waals surface area contributed by atoms with Gasteiger partial charge in [-0.1, -0.05) is 6.92 Å². The smallest absolute Gasteiger partial charge is 0.260 e. The fourth-order valence-electron chi connectivity index (χ4n) is 1.58. The molecule has 8 heteroatoms. The van der Waals surface area contributed by atoms with E-state index in [1.807, 2.05) is 6.92 Å². The molecule has 1 aromatic heterocycles. The highest BCUT2D eigenvalue weighted by atomic mass is 32.2. The summed E-state index contributed by atoms with van der Waals surface area (Å²) in [5, 5.41) is 8.83. The molecule has 1 atom stereocenters. The van der Waals surface area contributed by atoms with E-state index in [4.69, 9.17) is 10.8 Å². The molecule has 0 aromatic carbocycles. The van der Waals surface area contributed by atoms with Gasteiger partial charge in [0.15, 0.2) is 10.8 Å². The number of aromatic nitrogens is 2. The van der Waals surface area contributed by atoms with Crippen LogP contribution in [0.1, 0.15) is 19.8 Å². The second kappa shape index (κ2) is 6.17. The monoisotopic (exact) mass is 276 g/mol. The molecule has 104 valence electrons. The highest BCUT2D eigenvalue weighted by Gasteiger charge is 2.21. The van der Waals surface area contributed by atoms with Gasteiger partial charge in [0.2, 0.25) is 0 Å². The van der Waals surface area contributed by atoms with Gasteiger partial charge in [-0.2, -0.15) is 0 Å². The highest BCUT2D eigenvalue weighted by molar-refractivity contribution is 7.89. The van der Waals surface area contributed by atoms with Crippen LogP contribution in [0.25, 0.3) is 0 Å². The lowest BCUT2D eigenvalue weighted by Crippen LogP contribution is -2.27. The zero-order chi connectivity index (χ0) is 13.8. The average Bonchev–Trinajstić information content (AvgIpc) is 2.64. The maximum absolute atomic E-state index is 11.9. The number of sulfonamides is 1. The number of nitrogen functional groups attached to an aromatic ring is 1. The molecule has 1 rings (SSSR count). The van der Waals surface area contributed by atoms with Crippen molar-refractivity contribution in [2.75, 3.05) is 18.9 Å². The second-order valence-corrected chi connectivity index (χ2v) is 6.06. The molecule has 0 saturated heterocycles. The molecule has 0 amide bonds. The van der Waals surface area contributed by atoms with Gasteiger partial charge in [-0.05, 0) is 18.8 Å². The maximum atomic E-state index is 11.9. The number of rotatable bonds is 7. The Hall–Kier alpha value is -1.12. The Morgan fingerprint density at radius 2 is 2.28 bits per heavy atom. The molecule has 0 saturated carbocycles. The van der Waals surface area contributed by atoms with Crippen molar-refractivity contribution < 1.29 is 13.5 Å². The molecular weight excluding hydrogens is 256 g/mol. The Morgan fingerprint density at radius 1 is 1.61 bits per heavy atom. The van der Waals surface area contributed by atoms with Crippen LogP contribution in [-0.4, -0.2) is 36.2 Å². The van der Waals surface area contributed by atoms with E-state index in [9.17, 15) is 8.42 Å². The van der Waals surface area contributed by atoms with Gasteiger partial charge in [-0.25, -0.2) is 18.1 Å². The summed E-state index contributed by atoms with van der Waals surface area (Å²) < 4.78 is 27.7. The number of nitrogens with two attached hydrogens (primary N) is 1. The van der Waals surface area contributed by atoms with Crippen molar-refractivity contribution in [3.63, 3.8) is 0 Å². The van der Waals surface area contributed by atoms with Crippen LogP contribution in [0.2, 0.25) is 0 Å². The van der Waals surface area contributed by atoms with Gasteiger partial charge in [0.1, 0.15) is 0 Å². The third-order valence-electron chi connectivity index (χ3n) is 2.64. The lowest BCUT2D eigenvalue weighted by atomic mass is 10.1. The fourth-order valence-corrected chi connectivity index (χ4v) is 2.89. The summed E-state index contributed by atoms with van der Waals surface area (Å²) in [6.45, 7) is 2.34. The van der Waals surface area contributed by atoms with Gasteiger partial charge >= 0.3 is 0 Å². The summed E-state index contributed by atoms with van der Waals surface area (Å²) in [7, 11) is -2.04. The summed E-state index contributed by atoms with van der Waals surface area (Å²) in [5.41, 5.74) is 5.52. The van der Waals surface area contributed by atoms with Crippen molar-refractivity contribution in [1.82, 2.24) is 14.3 Å². The summed E-state index contributed by atoms with van der Waals surface area (Å²) in [5.74, 6) is 0.171. The van der Waals surface area contributed by atoms with Crippen molar-refractivity contribution in [2.45, 2.75) is 24.8 Å². The molecule has 0 aliphatic heterocycles. The zero-order valence-electron chi connectivity index (χ0n) is 10.6. The molecule has 4 N–H and O–H groups in total. The first kappa shape index (κ1) is 14.9. The normalized spacial score (nSPS) is 13.7. The third kappa shape index (κ3) is 3.69. The molecule has 0 fully saturated rings. The summed E-state index contributed by atoms with van der Waals surface area (Å²) in [4.78, 5) is 3.74. The molecule has 0 aliphatic rings. The minimum atomic E-state index is -3.62. The van der Waals surface area contributed by atoms with E-state index >= 15 is 0 Å². The van der Waals surface area contributed by atoms with E-state index < -0.39 is 10.0 Å². The molecule has 1 heterocycles. The van der Waals surface area contributed by atoms with Crippen LogP contribution < -0.4 is 10.5 Å². The van der Waals surface area contributed by atoms with Crippen molar-refractivity contribution in [2.24, 2.45) is 13.0 Å². The Bertz CT molecular complexity index is 464. The molecule has 7 nitrogen and oxygen atoms in total. The number of nitrogens with one attached hydrogen (secondary N) is 1. The van der Waals surface area contributed by atoms with Crippen LogP contribution in [-0.2, 0) is 17.1 Å². The van der Waals surface area contributed by atoms with E-state index in [-0.39, 0.29) is 23.4 Å². The number of hydrogen-bond acceptors (Lipinski definition) is 5. The Kier molecular flexibility index (Phi) is 5.12. The van der Waals surface area contributed by atoms with Crippen LogP contribution in [0.5, 0.6) is 0 Å². The fraction of sp³-hybridized carbons (Fsp3) is 0.700. The topological polar surface area (TPSA) is 110 Å². The molecule has 0 spiro atoms. The molecule has 1 unspecified atom stereocenters. The lowest BCUT2D eigenvalue weighted by Gasteiger charge is -2.09. The maximum Gasteiger partial charge on any atom is 0.260 e. The van der Waals surface area contributed by atoms with Gasteiger partial charge in [0, 0.05) is 20.2 Å². The number of aliphatic hydroxyl groups is 1. The molecule has 18 heavy (non-hydrogen) atoms. The number of anilines is 1. The van der Waals surface area contributed by atoms with Gasteiger partial charge in [0.25, 0.3) is 10.0 Å². The number of aryl methyl sites for hydroxylation is 1. The minimum Gasteiger partial charge on any atom is -0.396 e. The van der Waals surface area contributed by atoms with Gasteiger partial charge in [-0.15, -0.1) is 0 Å². The van der Waals surface area contributed by atoms with Crippen LogP contribution >= 0.6 is 0 Å². The van der Waals surface area contributed by atoms with E-state index in [0.717, 1.165) is 6.42 Å². The minimum absolute atomic E-state index is 0.00581. The molecule has 0 radical (unpaired) electrons. The first-order chi connectivity index (χ1) is 8.38. The largest absolute Gasteiger partial charge is 0.396 e. The quantitative estimate of drug-likeness (QED) is 0.592. The van der Waals surface area contributed by atoms with Crippen molar-refractivity contribution in [1.29, 1.82) is 0 Å². The molecule has 0 bridgehead atoms. The SMILES string of the molecule is CC(CO)CCCNS(=O)(=O)c1c(N)ncn1C. The van der Waals surface area contributed by atoms with Gasteiger partial charge in [-0.3, -0.25) is 0 Å². The third-order valence-corrected chi connectivity index (χ3v) is 4.23. The Morgan fingerprint density at radius 3 is 2.78 bits per heavy atom. The predicted molar refractivity (Wildman–Crippen MR) is 68.3 cm³/mol. The number of imidazole rings is 1.